The van der Waals surface area contributed by atoms with Crippen molar-refractivity contribution in [2.24, 2.45) is 0 Å². The molecule has 3 rings (SSSR count). The van der Waals surface area contributed by atoms with Crippen molar-refractivity contribution < 1.29 is 4.39 Å². The molecule has 4 nitrogen and oxygen atoms in total. The Hall–Kier alpha value is -2.17. The van der Waals surface area contributed by atoms with Crippen molar-refractivity contribution in [3.8, 4) is 0 Å². The lowest BCUT2D eigenvalue weighted by molar-refractivity contribution is 0.608. The van der Waals surface area contributed by atoms with Gasteiger partial charge in [0.1, 0.15) is 0 Å². The standard InChI is InChI=1S/C13H13FN4/c14-10-6-16-13(17-7-10)18-5-4-11-9(8-18)2-1-3-12(11)15/h1-3,6-7H,4-5,8,15H2. The van der Waals surface area contributed by atoms with Crippen LogP contribution < -0.4 is 10.6 Å². The number of aromatic nitrogens is 2. The SMILES string of the molecule is Nc1cccc2c1CCN(c1ncc(F)cn1)C2. The van der Waals surface area contributed by atoms with Gasteiger partial charge in [-0.05, 0) is 23.6 Å². The van der Waals surface area contributed by atoms with Gasteiger partial charge >= 0.3 is 0 Å². The van der Waals surface area contributed by atoms with E-state index in [0.29, 0.717) is 12.5 Å². The maximum Gasteiger partial charge on any atom is 0.225 e. The fourth-order valence-corrected chi connectivity index (χ4v) is 2.28. The van der Waals surface area contributed by atoms with Gasteiger partial charge in [0, 0.05) is 18.8 Å². The van der Waals surface area contributed by atoms with Gasteiger partial charge in [-0.25, -0.2) is 14.4 Å². The van der Waals surface area contributed by atoms with Crippen LogP contribution in [-0.2, 0) is 13.0 Å². The molecule has 2 aromatic rings. The number of hydrogen-bond donors (Lipinski definition) is 1. The van der Waals surface area contributed by atoms with Crippen molar-refractivity contribution in [3.05, 3.63) is 47.5 Å². The third-order valence-corrected chi connectivity index (χ3v) is 3.19. The number of fused-ring (bicyclic) bond motifs is 1. The van der Waals surface area contributed by atoms with E-state index >= 15 is 0 Å². The molecule has 2 N–H and O–H groups in total. The molecule has 0 atom stereocenters. The zero-order chi connectivity index (χ0) is 12.5. The number of benzene rings is 1. The molecule has 0 spiro atoms. The Kier molecular flexibility index (Phi) is 2.59. The van der Waals surface area contributed by atoms with E-state index in [1.807, 2.05) is 17.0 Å². The van der Waals surface area contributed by atoms with Crippen LogP contribution in [0, 0.1) is 5.82 Å². The molecule has 0 unspecified atom stereocenters. The minimum atomic E-state index is -0.416. The first-order valence-corrected chi connectivity index (χ1v) is 5.83. The Balaban J connectivity index is 1.89. The molecule has 92 valence electrons. The molecule has 1 aliphatic rings. The highest BCUT2D eigenvalue weighted by atomic mass is 19.1. The molecular formula is C13H13FN4. The molecule has 0 radical (unpaired) electrons. The average Bonchev–Trinajstić information content (AvgIpc) is 2.39. The lowest BCUT2D eigenvalue weighted by Crippen LogP contribution is -2.32. The number of anilines is 2. The molecule has 5 heteroatoms. The smallest absolute Gasteiger partial charge is 0.225 e. The fourth-order valence-electron chi connectivity index (χ4n) is 2.28. The average molecular weight is 244 g/mol. The van der Waals surface area contributed by atoms with Crippen LogP contribution in [0.5, 0.6) is 0 Å². The van der Waals surface area contributed by atoms with Gasteiger partial charge in [0.05, 0.1) is 12.4 Å². The summed E-state index contributed by atoms with van der Waals surface area (Å²) in [6.45, 7) is 1.51. The van der Waals surface area contributed by atoms with Gasteiger partial charge in [-0.2, -0.15) is 0 Å². The Morgan fingerprint density at radius 2 is 2.00 bits per heavy atom. The molecule has 0 aliphatic carbocycles. The number of halogens is 1. The van der Waals surface area contributed by atoms with E-state index in [-0.39, 0.29) is 0 Å². The third kappa shape index (κ3) is 1.88. The van der Waals surface area contributed by atoms with Crippen molar-refractivity contribution in [2.45, 2.75) is 13.0 Å². The predicted octanol–water partition coefficient (Wildman–Crippen LogP) is 1.76. The molecule has 0 fully saturated rings. The Morgan fingerprint density at radius 1 is 1.22 bits per heavy atom. The van der Waals surface area contributed by atoms with E-state index in [4.69, 9.17) is 5.73 Å². The molecular weight excluding hydrogens is 231 g/mol. The first-order valence-electron chi connectivity index (χ1n) is 5.83. The van der Waals surface area contributed by atoms with Gasteiger partial charge in [-0.3, -0.25) is 0 Å². The summed E-state index contributed by atoms with van der Waals surface area (Å²) >= 11 is 0. The monoisotopic (exact) mass is 244 g/mol. The summed E-state index contributed by atoms with van der Waals surface area (Å²) in [6.07, 6.45) is 3.25. The third-order valence-electron chi connectivity index (χ3n) is 3.19. The van der Waals surface area contributed by atoms with Gasteiger partial charge in [-0.1, -0.05) is 12.1 Å². The molecule has 2 heterocycles. The van der Waals surface area contributed by atoms with Crippen molar-refractivity contribution in [1.82, 2.24) is 9.97 Å². The normalized spacial score (nSPS) is 14.4. The van der Waals surface area contributed by atoms with Crippen molar-refractivity contribution in [2.75, 3.05) is 17.2 Å². The molecule has 1 aromatic carbocycles. The first kappa shape index (κ1) is 11.0. The number of rotatable bonds is 1. The van der Waals surface area contributed by atoms with Crippen molar-refractivity contribution in [3.63, 3.8) is 0 Å². The van der Waals surface area contributed by atoms with Crippen LogP contribution in [0.1, 0.15) is 11.1 Å². The molecule has 0 amide bonds. The Labute approximate surface area is 104 Å². The largest absolute Gasteiger partial charge is 0.398 e. The van der Waals surface area contributed by atoms with Crippen LogP contribution in [0.3, 0.4) is 0 Å². The van der Waals surface area contributed by atoms with Crippen LogP contribution in [0.25, 0.3) is 0 Å². The van der Waals surface area contributed by atoms with E-state index < -0.39 is 5.82 Å². The summed E-state index contributed by atoms with van der Waals surface area (Å²) in [5.74, 6) is 0.143. The van der Waals surface area contributed by atoms with Crippen LogP contribution in [-0.4, -0.2) is 16.5 Å². The molecule has 1 aliphatic heterocycles. The second-order valence-electron chi connectivity index (χ2n) is 4.36. The maximum absolute atomic E-state index is 12.8. The van der Waals surface area contributed by atoms with Gasteiger partial charge in [0.15, 0.2) is 5.82 Å². The second-order valence-corrected chi connectivity index (χ2v) is 4.36. The maximum atomic E-state index is 12.8. The molecule has 1 aromatic heterocycles. The van der Waals surface area contributed by atoms with E-state index in [1.54, 1.807) is 0 Å². The zero-order valence-corrected chi connectivity index (χ0v) is 9.81. The van der Waals surface area contributed by atoms with Crippen LogP contribution in [0.4, 0.5) is 16.0 Å². The molecule has 0 saturated carbocycles. The fraction of sp³-hybridized carbons (Fsp3) is 0.231. The van der Waals surface area contributed by atoms with Crippen molar-refractivity contribution in [1.29, 1.82) is 0 Å². The summed E-state index contributed by atoms with van der Waals surface area (Å²) in [5.41, 5.74) is 9.18. The lowest BCUT2D eigenvalue weighted by Gasteiger charge is -2.29. The molecule has 0 bridgehead atoms. The predicted molar refractivity (Wildman–Crippen MR) is 67.6 cm³/mol. The van der Waals surface area contributed by atoms with Gasteiger partial charge < -0.3 is 10.6 Å². The van der Waals surface area contributed by atoms with Gasteiger partial charge in [0.25, 0.3) is 0 Å². The van der Waals surface area contributed by atoms with Crippen LogP contribution in [0.2, 0.25) is 0 Å². The highest BCUT2D eigenvalue weighted by molar-refractivity contribution is 5.54. The summed E-state index contributed by atoms with van der Waals surface area (Å²) in [7, 11) is 0. The highest BCUT2D eigenvalue weighted by Gasteiger charge is 2.19. The van der Waals surface area contributed by atoms with Crippen molar-refractivity contribution >= 4 is 11.6 Å². The lowest BCUT2D eigenvalue weighted by atomic mass is 9.98. The summed E-state index contributed by atoms with van der Waals surface area (Å²) in [5, 5.41) is 0. The number of nitrogen functional groups attached to an aromatic ring is 1. The Morgan fingerprint density at radius 3 is 2.78 bits per heavy atom. The minimum absolute atomic E-state index is 0.416. The summed E-state index contributed by atoms with van der Waals surface area (Å²) in [6, 6.07) is 5.92. The summed E-state index contributed by atoms with van der Waals surface area (Å²) < 4.78 is 12.8. The van der Waals surface area contributed by atoms with Crippen LogP contribution >= 0.6 is 0 Å². The second kappa shape index (κ2) is 4.25. The topological polar surface area (TPSA) is 55.0 Å². The van der Waals surface area contributed by atoms with E-state index in [1.165, 1.54) is 23.5 Å². The van der Waals surface area contributed by atoms with Gasteiger partial charge in [-0.15, -0.1) is 0 Å². The van der Waals surface area contributed by atoms with E-state index in [2.05, 4.69) is 16.0 Å². The van der Waals surface area contributed by atoms with Crippen LogP contribution in [0.15, 0.2) is 30.6 Å². The summed E-state index contributed by atoms with van der Waals surface area (Å²) in [4.78, 5) is 10.0. The number of nitrogens with zero attached hydrogens (tertiary/aromatic N) is 3. The van der Waals surface area contributed by atoms with Gasteiger partial charge in [0.2, 0.25) is 5.95 Å². The zero-order valence-electron chi connectivity index (χ0n) is 9.81. The Bertz CT molecular complexity index is 568. The molecule has 0 saturated heterocycles. The highest BCUT2D eigenvalue weighted by Crippen LogP contribution is 2.25. The molecule has 18 heavy (non-hydrogen) atoms. The minimum Gasteiger partial charge on any atom is -0.398 e. The quantitative estimate of drug-likeness (QED) is 0.777. The van der Waals surface area contributed by atoms with E-state index in [0.717, 1.165) is 18.7 Å². The van der Waals surface area contributed by atoms with E-state index in [9.17, 15) is 4.39 Å². The number of nitrogens with two attached hydrogens (primary N) is 1. The number of hydrogen-bond acceptors (Lipinski definition) is 4. The first-order chi connectivity index (χ1) is 8.74.